The fraction of sp³-hybridized carbons (Fsp3) is 0.867. The number of esters is 2. The maximum Gasteiger partial charge on any atom is 0.373 e. The molecule has 1 heterocycles. The first-order chi connectivity index (χ1) is 10.1. The van der Waals surface area contributed by atoms with Crippen molar-refractivity contribution in [3.8, 4) is 0 Å². The summed E-state index contributed by atoms with van der Waals surface area (Å²) in [5.74, 6) is -3.17. The lowest BCUT2D eigenvalue weighted by molar-refractivity contribution is -0.327. The van der Waals surface area contributed by atoms with Crippen LogP contribution in [0.4, 0.5) is 0 Å². The Morgan fingerprint density at radius 1 is 0.857 bits per heavy atom. The number of carbonyl (C=O) groups is 2. The Labute approximate surface area is 125 Å². The number of hydrogen-bond donors (Lipinski definition) is 2. The summed E-state index contributed by atoms with van der Waals surface area (Å²) >= 11 is 0. The lowest BCUT2D eigenvalue weighted by Crippen LogP contribution is -2.39. The van der Waals surface area contributed by atoms with E-state index < -0.39 is 17.9 Å². The zero-order chi connectivity index (χ0) is 15.6. The number of carbonyl (C=O) groups excluding carboxylic acids is 2. The second-order valence-electron chi connectivity index (χ2n) is 5.46. The molecule has 0 radical (unpaired) electrons. The maximum atomic E-state index is 11.5. The molecule has 0 aromatic rings. The molecule has 0 aromatic heterocycles. The molecule has 1 rings (SSSR count). The Morgan fingerprint density at radius 2 is 1.33 bits per heavy atom. The fourth-order valence-corrected chi connectivity index (χ4v) is 2.29. The van der Waals surface area contributed by atoms with Gasteiger partial charge in [0.25, 0.3) is 0 Å². The zero-order valence-corrected chi connectivity index (χ0v) is 12.5. The molecule has 1 aliphatic heterocycles. The molecule has 0 atom stereocenters. The van der Waals surface area contributed by atoms with Gasteiger partial charge in [0, 0.05) is 19.4 Å². The fourth-order valence-electron chi connectivity index (χ4n) is 2.29. The molecule has 1 aliphatic rings. The van der Waals surface area contributed by atoms with Crippen LogP contribution in [-0.4, -0.2) is 34.7 Å². The summed E-state index contributed by atoms with van der Waals surface area (Å²) < 4.78 is 9.83. The molecule has 0 bridgehead atoms. The van der Waals surface area contributed by atoms with Gasteiger partial charge in [-0.15, -0.1) is 0 Å². The number of ether oxygens (including phenoxy) is 2. The van der Waals surface area contributed by atoms with Gasteiger partial charge in [-0.25, -0.2) is 0 Å². The van der Waals surface area contributed by atoms with Crippen molar-refractivity contribution in [3.63, 3.8) is 0 Å². The first kappa shape index (κ1) is 17.9. The van der Waals surface area contributed by atoms with Crippen LogP contribution in [0.15, 0.2) is 0 Å². The highest BCUT2D eigenvalue weighted by molar-refractivity contribution is 5.72. The quantitative estimate of drug-likeness (QED) is 0.526. The summed E-state index contributed by atoms with van der Waals surface area (Å²) in [6.07, 6.45) is 6.84. The molecule has 0 saturated carbocycles. The smallest absolute Gasteiger partial charge is 0.373 e. The van der Waals surface area contributed by atoms with E-state index >= 15 is 0 Å². The average molecular weight is 302 g/mol. The molecule has 122 valence electrons. The van der Waals surface area contributed by atoms with Gasteiger partial charge in [0.2, 0.25) is 0 Å². The molecule has 0 amide bonds. The van der Waals surface area contributed by atoms with Crippen LogP contribution in [0.3, 0.4) is 0 Å². The molecule has 0 spiro atoms. The minimum absolute atomic E-state index is 0.102. The van der Waals surface area contributed by atoms with E-state index in [4.69, 9.17) is 14.6 Å². The monoisotopic (exact) mass is 302 g/mol. The number of aliphatic hydroxyl groups excluding tert-OH is 1. The normalized spacial score (nSPS) is 19.1. The lowest BCUT2D eigenvalue weighted by atomic mass is 10.1. The van der Waals surface area contributed by atoms with Gasteiger partial charge in [-0.05, 0) is 25.7 Å². The van der Waals surface area contributed by atoms with Crippen LogP contribution < -0.4 is 0 Å². The summed E-state index contributed by atoms with van der Waals surface area (Å²) in [5.41, 5.74) is 0. The molecule has 0 aliphatic carbocycles. The summed E-state index contributed by atoms with van der Waals surface area (Å²) in [6, 6.07) is 0. The summed E-state index contributed by atoms with van der Waals surface area (Å²) in [5, 5.41) is 18.8. The highest BCUT2D eigenvalue weighted by Crippen LogP contribution is 2.23. The molecule has 1 fully saturated rings. The van der Waals surface area contributed by atoms with Crippen molar-refractivity contribution in [1.82, 2.24) is 0 Å². The highest BCUT2D eigenvalue weighted by Gasteiger charge is 2.36. The van der Waals surface area contributed by atoms with Gasteiger partial charge < -0.3 is 19.7 Å². The highest BCUT2D eigenvalue weighted by atomic mass is 16.8. The SMILES string of the molecule is O=C1CCCCC(=O)OC(O)(CCCCCCCCO)O1. The van der Waals surface area contributed by atoms with Gasteiger partial charge in [0.15, 0.2) is 0 Å². The van der Waals surface area contributed by atoms with Crippen LogP contribution in [-0.2, 0) is 19.1 Å². The molecular weight excluding hydrogens is 276 g/mol. The van der Waals surface area contributed by atoms with Crippen LogP contribution in [0.2, 0.25) is 0 Å². The second-order valence-corrected chi connectivity index (χ2v) is 5.46. The standard InChI is InChI=1S/C15H26O6/c16-12-8-4-2-1-3-7-11-15(19)20-13(17)9-5-6-10-14(18)21-15/h16,19H,1-12H2. The van der Waals surface area contributed by atoms with Gasteiger partial charge in [-0.1, -0.05) is 25.7 Å². The minimum atomic E-state index is -2.11. The largest absolute Gasteiger partial charge is 0.398 e. The van der Waals surface area contributed by atoms with Crippen molar-refractivity contribution in [3.05, 3.63) is 0 Å². The Hall–Kier alpha value is -1.14. The first-order valence-corrected chi connectivity index (χ1v) is 7.83. The van der Waals surface area contributed by atoms with E-state index in [2.05, 4.69) is 0 Å². The number of hydrogen-bond acceptors (Lipinski definition) is 6. The van der Waals surface area contributed by atoms with Crippen molar-refractivity contribution >= 4 is 11.9 Å². The number of unbranched alkanes of at least 4 members (excludes halogenated alkanes) is 5. The van der Waals surface area contributed by atoms with E-state index in [1.165, 1.54) is 0 Å². The molecule has 6 nitrogen and oxygen atoms in total. The van der Waals surface area contributed by atoms with Crippen molar-refractivity contribution in [2.75, 3.05) is 6.61 Å². The molecule has 1 saturated heterocycles. The van der Waals surface area contributed by atoms with E-state index in [1.54, 1.807) is 0 Å². The summed E-state index contributed by atoms with van der Waals surface area (Å²) in [6.45, 7) is 0.214. The van der Waals surface area contributed by atoms with E-state index in [-0.39, 0.29) is 25.9 Å². The van der Waals surface area contributed by atoms with Gasteiger partial charge in [0.1, 0.15) is 0 Å². The van der Waals surface area contributed by atoms with Crippen molar-refractivity contribution < 1.29 is 29.3 Å². The van der Waals surface area contributed by atoms with Gasteiger partial charge in [-0.2, -0.15) is 0 Å². The van der Waals surface area contributed by atoms with Crippen molar-refractivity contribution in [2.45, 2.75) is 76.6 Å². The summed E-state index contributed by atoms with van der Waals surface area (Å²) in [4.78, 5) is 23.0. The van der Waals surface area contributed by atoms with Crippen LogP contribution >= 0.6 is 0 Å². The Balaban J connectivity index is 2.33. The molecule has 6 heteroatoms. The van der Waals surface area contributed by atoms with Crippen LogP contribution in [0, 0.1) is 0 Å². The predicted molar refractivity (Wildman–Crippen MR) is 75.0 cm³/mol. The third kappa shape index (κ3) is 8.02. The van der Waals surface area contributed by atoms with Crippen LogP contribution in [0.5, 0.6) is 0 Å². The Morgan fingerprint density at radius 3 is 1.86 bits per heavy atom. The number of cyclic esters (lactones) is 2. The third-order valence-electron chi connectivity index (χ3n) is 3.46. The Bertz CT molecular complexity index is 308. The van der Waals surface area contributed by atoms with Gasteiger partial charge in [0.05, 0.1) is 6.42 Å². The second kappa shape index (κ2) is 9.73. The lowest BCUT2D eigenvalue weighted by Gasteiger charge is -2.26. The van der Waals surface area contributed by atoms with Crippen LogP contribution in [0.25, 0.3) is 0 Å². The van der Waals surface area contributed by atoms with E-state index in [9.17, 15) is 14.7 Å². The zero-order valence-electron chi connectivity index (χ0n) is 12.5. The van der Waals surface area contributed by atoms with E-state index in [0.29, 0.717) is 19.3 Å². The Kier molecular flexibility index (Phi) is 8.30. The minimum Gasteiger partial charge on any atom is -0.398 e. The number of aliphatic hydroxyl groups is 2. The van der Waals surface area contributed by atoms with Crippen molar-refractivity contribution in [1.29, 1.82) is 0 Å². The average Bonchev–Trinajstić information content (AvgIpc) is 2.47. The predicted octanol–water partition coefficient (Wildman–Crippen LogP) is 2.02. The van der Waals surface area contributed by atoms with Crippen molar-refractivity contribution in [2.24, 2.45) is 0 Å². The first-order valence-electron chi connectivity index (χ1n) is 7.83. The topological polar surface area (TPSA) is 93.1 Å². The third-order valence-corrected chi connectivity index (χ3v) is 3.46. The van der Waals surface area contributed by atoms with Gasteiger partial charge in [-0.3, -0.25) is 9.59 Å². The molecular formula is C15H26O6. The van der Waals surface area contributed by atoms with E-state index in [1.807, 2.05) is 0 Å². The van der Waals surface area contributed by atoms with E-state index in [0.717, 1.165) is 32.1 Å². The molecule has 2 N–H and O–H groups in total. The number of rotatable bonds is 8. The molecule has 0 aromatic carbocycles. The molecule has 21 heavy (non-hydrogen) atoms. The molecule has 0 unspecified atom stereocenters. The summed E-state index contributed by atoms with van der Waals surface area (Å²) in [7, 11) is 0. The van der Waals surface area contributed by atoms with Gasteiger partial charge >= 0.3 is 17.9 Å². The maximum absolute atomic E-state index is 11.5. The van der Waals surface area contributed by atoms with Crippen LogP contribution in [0.1, 0.15) is 70.6 Å².